The zero-order valence-electron chi connectivity index (χ0n) is 19.7. The molecule has 5 rings (SSSR count). The van der Waals surface area contributed by atoms with Gasteiger partial charge in [0.25, 0.3) is 16.8 Å². The molecule has 0 saturated carbocycles. The van der Waals surface area contributed by atoms with Gasteiger partial charge < -0.3 is 20.0 Å². The van der Waals surface area contributed by atoms with E-state index in [4.69, 9.17) is 16.0 Å². The number of halogens is 1. The average molecular weight is 494 g/mol. The third-order valence-corrected chi connectivity index (χ3v) is 6.55. The number of carbonyl (C=O) groups is 1. The van der Waals surface area contributed by atoms with Crippen LogP contribution < -0.4 is 26.4 Å². The van der Waals surface area contributed by atoms with Crippen LogP contribution in [0.25, 0.3) is 0 Å². The number of H-pyrrole nitrogens is 1. The minimum absolute atomic E-state index is 0.103. The number of furan rings is 1. The van der Waals surface area contributed by atoms with Crippen molar-refractivity contribution in [2.24, 2.45) is 5.41 Å². The summed E-state index contributed by atoms with van der Waals surface area (Å²) in [6, 6.07) is 6.64. The molecule has 1 aliphatic heterocycles. The van der Waals surface area contributed by atoms with Crippen molar-refractivity contribution in [1.29, 1.82) is 0 Å². The molecule has 0 unspecified atom stereocenters. The number of aromatic amines is 1. The number of carbonyl (C=O) groups excluding carboxylic acids is 1. The Bertz CT molecular complexity index is 1510. The zero-order chi connectivity index (χ0) is 25.1. The maximum absolute atomic E-state index is 13.3. The van der Waals surface area contributed by atoms with Crippen molar-refractivity contribution in [2.75, 3.05) is 15.5 Å². The number of fused-ring (bicyclic) bond motifs is 1. The molecule has 9 nitrogen and oxygen atoms in total. The van der Waals surface area contributed by atoms with E-state index in [0.717, 1.165) is 5.76 Å². The lowest BCUT2D eigenvalue weighted by molar-refractivity contribution is 0.0997. The summed E-state index contributed by atoms with van der Waals surface area (Å²) in [5.74, 6) is 1.13. The highest BCUT2D eigenvalue weighted by Crippen LogP contribution is 2.40. The number of aryl methyl sites for hydroxylation is 1. The smallest absolute Gasteiger partial charge is 0.261 e. The lowest BCUT2D eigenvalue weighted by Gasteiger charge is -2.31. The second kappa shape index (κ2) is 8.13. The fourth-order valence-corrected chi connectivity index (χ4v) is 4.56. The zero-order valence-corrected chi connectivity index (χ0v) is 20.4. The Balaban J connectivity index is 1.50. The van der Waals surface area contributed by atoms with Gasteiger partial charge in [0.1, 0.15) is 22.9 Å². The Morgan fingerprint density at radius 2 is 1.86 bits per heavy atom. The van der Waals surface area contributed by atoms with Crippen LogP contribution in [0.1, 0.15) is 54.3 Å². The van der Waals surface area contributed by atoms with Crippen molar-refractivity contribution in [2.45, 2.75) is 40.3 Å². The first-order chi connectivity index (χ1) is 16.6. The van der Waals surface area contributed by atoms with E-state index in [1.165, 1.54) is 0 Å². The number of nitrogens with zero attached hydrogens (tertiary/aromatic N) is 2. The molecule has 3 heterocycles. The number of aromatic nitrogens is 2. The standard InChI is InChI=1S/C25H24ClN5O4/c1-12-5-8-17(35-12)23(25(2,3)4)30-20-19(21(32)22(20)33)29-16-7-6-15(26)14-11-31(24(34)18(14)16)13-9-27-28-10-13/h5-10,23,29-30H,11H2,1-4H3,(H,27,28)/t23-/m0/s1. The molecule has 1 amide bonds. The van der Waals surface area contributed by atoms with E-state index >= 15 is 0 Å². The summed E-state index contributed by atoms with van der Waals surface area (Å²) >= 11 is 6.40. The maximum Gasteiger partial charge on any atom is 0.261 e. The first-order valence-electron chi connectivity index (χ1n) is 11.1. The number of amides is 1. The van der Waals surface area contributed by atoms with Gasteiger partial charge in [-0.05, 0) is 36.6 Å². The number of hydrogen-bond donors (Lipinski definition) is 3. The SMILES string of the molecule is Cc1ccc([C@H](Nc2c(Nc3ccc(Cl)c4c3C(=O)N(c3cn[nH]c3)C4)c(=O)c2=O)C(C)(C)C)o1. The number of anilines is 4. The summed E-state index contributed by atoms with van der Waals surface area (Å²) in [5, 5.41) is 13.3. The van der Waals surface area contributed by atoms with Crippen LogP contribution in [0.3, 0.4) is 0 Å². The monoisotopic (exact) mass is 493 g/mol. The fraction of sp³-hybridized carbons (Fsp3) is 0.280. The summed E-state index contributed by atoms with van der Waals surface area (Å²) < 4.78 is 5.82. The van der Waals surface area contributed by atoms with Gasteiger partial charge in [0.15, 0.2) is 0 Å². The first-order valence-corrected chi connectivity index (χ1v) is 11.5. The van der Waals surface area contributed by atoms with Crippen molar-refractivity contribution < 1.29 is 9.21 Å². The molecule has 35 heavy (non-hydrogen) atoms. The Morgan fingerprint density at radius 1 is 1.11 bits per heavy atom. The Hall–Kier alpha value is -3.85. The summed E-state index contributed by atoms with van der Waals surface area (Å²) in [6.07, 6.45) is 3.17. The highest BCUT2D eigenvalue weighted by atomic mass is 35.5. The fourth-order valence-electron chi connectivity index (χ4n) is 4.34. The summed E-state index contributed by atoms with van der Waals surface area (Å²) in [6.45, 7) is 8.14. The van der Waals surface area contributed by atoms with Gasteiger partial charge in [-0.1, -0.05) is 32.4 Å². The largest absolute Gasteiger partial charge is 0.464 e. The Kier molecular flexibility index (Phi) is 5.32. The lowest BCUT2D eigenvalue weighted by atomic mass is 9.85. The molecule has 4 aromatic rings. The highest BCUT2D eigenvalue weighted by Gasteiger charge is 2.36. The van der Waals surface area contributed by atoms with E-state index < -0.39 is 10.9 Å². The molecule has 0 bridgehead atoms. The van der Waals surface area contributed by atoms with Crippen LogP contribution in [0.15, 0.2) is 50.7 Å². The molecule has 0 aliphatic carbocycles. The summed E-state index contributed by atoms with van der Waals surface area (Å²) in [5.41, 5.74) is 0.642. The van der Waals surface area contributed by atoms with Gasteiger partial charge in [0, 0.05) is 16.8 Å². The molecule has 0 spiro atoms. The van der Waals surface area contributed by atoms with Crippen LogP contribution in [0.2, 0.25) is 5.02 Å². The highest BCUT2D eigenvalue weighted by molar-refractivity contribution is 6.33. The van der Waals surface area contributed by atoms with E-state index in [0.29, 0.717) is 33.3 Å². The first kappa shape index (κ1) is 22.9. The molecule has 10 heteroatoms. The van der Waals surface area contributed by atoms with Gasteiger partial charge in [-0.15, -0.1) is 0 Å². The third-order valence-electron chi connectivity index (χ3n) is 6.20. The van der Waals surface area contributed by atoms with Crippen molar-refractivity contribution in [3.8, 4) is 0 Å². The van der Waals surface area contributed by atoms with Crippen LogP contribution in [0.4, 0.5) is 22.7 Å². The Labute approximate surface area is 205 Å². The van der Waals surface area contributed by atoms with Crippen molar-refractivity contribution in [3.63, 3.8) is 0 Å². The van der Waals surface area contributed by atoms with Gasteiger partial charge in [-0.3, -0.25) is 19.5 Å². The molecule has 180 valence electrons. The van der Waals surface area contributed by atoms with Crippen molar-refractivity contribution in [3.05, 3.63) is 84.8 Å². The molecule has 2 aromatic carbocycles. The van der Waals surface area contributed by atoms with Gasteiger partial charge in [0.2, 0.25) is 0 Å². The second-order valence-corrected chi connectivity index (χ2v) is 10.1. The van der Waals surface area contributed by atoms with Crippen LogP contribution in [0.5, 0.6) is 0 Å². The molecule has 0 fully saturated rings. The number of hydrogen-bond acceptors (Lipinski definition) is 7. The van der Waals surface area contributed by atoms with Crippen LogP contribution in [-0.2, 0) is 6.54 Å². The molecule has 0 saturated heterocycles. The Morgan fingerprint density at radius 3 is 2.49 bits per heavy atom. The topological polar surface area (TPSA) is 120 Å². The third kappa shape index (κ3) is 3.81. The molecule has 2 aromatic heterocycles. The van der Waals surface area contributed by atoms with E-state index in [2.05, 4.69) is 20.8 Å². The average Bonchev–Trinajstić information content (AvgIpc) is 3.54. The van der Waals surface area contributed by atoms with Crippen LogP contribution in [0, 0.1) is 12.3 Å². The van der Waals surface area contributed by atoms with Gasteiger partial charge in [0.05, 0.1) is 35.7 Å². The molecule has 3 N–H and O–H groups in total. The molecule has 1 atom stereocenters. The van der Waals surface area contributed by atoms with Crippen molar-refractivity contribution >= 4 is 40.3 Å². The van der Waals surface area contributed by atoms with Crippen LogP contribution >= 0.6 is 11.6 Å². The minimum atomic E-state index is -0.656. The molecular formula is C25H24ClN5O4. The molecule has 0 radical (unpaired) electrons. The predicted molar refractivity (Wildman–Crippen MR) is 134 cm³/mol. The van der Waals surface area contributed by atoms with E-state index in [1.807, 2.05) is 39.8 Å². The summed E-state index contributed by atoms with van der Waals surface area (Å²) in [7, 11) is 0. The van der Waals surface area contributed by atoms with Gasteiger partial charge in [-0.25, -0.2) is 0 Å². The summed E-state index contributed by atoms with van der Waals surface area (Å²) in [4.78, 5) is 40.0. The number of rotatable bonds is 6. The van der Waals surface area contributed by atoms with Crippen molar-refractivity contribution in [1.82, 2.24) is 10.2 Å². The van der Waals surface area contributed by atoms with E-state index in [9.17, 15) is 14.4 Å². The van der Waals surface area contributed by atoms with Gasteiger partial charge >= 0.3 is 0 Å². The number of nitrogens with one attached hydrogen (secondary N) is 3. The van der Waals surface area contributed by atoms with E-state index in [1.54, 1.807) is 29.4 Å². The second-order valence-electron chi connectivity index (χ2n) is 9.72. The number of benzene rings is 1. The molecule has 1 aliphatic rings. The molecular weight excluding hydrogens is 470 g/mol. The van der Waals surface area contributed by atoms with E-state index in [-0.39, 0.29) is 35.3 Å². The van der Waals surface area contributed by atoms with Gasteiger partial charge in [-0.2, -0.15) is 5.10 Å². The van der Waals surface area contributed by atoms with Crippen LogP contribution in [-0.4, -0.2) is 16.1 Å². The lowest BCUT2D eigenvalue weighted by Crippen LogP contribution is -2.39. The minimum Gasteiger partial charge on any atom is -0.464 e. The predicted octanol–water partition coefficient (Wildman–Crippen LogP) is 4.66. The normalized spacial score (nSPS) is 14.4. The maximum atomic E-state index is 13.3. The quantitative estimate of drug-likeness (QED) is 0.334.